The van der Waals surface area contributed by atoms with Crippen molar-refractivity contribution in [1.82, 2.24) is 10.1 Å². The Balaban J connectivity index is 1.66. The molecule has 1 aromatic heterocycles. The molecule has 5 nitrogen and oxygen atoms in total. The van der Waals surface area contributed by atoms with Gasteiger partial charge in [-0.25, -0.2) is 0 Å². The van der Waals surface area contributed by atoms with E-state index in [0.717, 1.165) is 17.0 Å². The predicted octanol–water partition coefficient (Wildman–Crippen LogP) is 3.67. The molecule has 0 aliphatic heterocycles. The number of hydrogen-bond acceptors (Lipinski definition) is 5. The third-order valence-electron chi connectivity index (χ3n) is 3.31. The van der Waals surface area contributed by atoms with Gasteiger partial charge < -0.3 is 14.6 Å². The first-order valence-electron chi connectivity index (χ1n) is 7.02. The van der Waals surface area contributed by atoms with E-state index in [1.165, 1.54) is 5.56 Å². The number of rotatable bonds is 5. The molecule has 112 valence electrons. The summed E-state index contributed by atoms with van der Waals surface area (Å²) in [7, 11) is 1.64. The highest BCUT2D eigenvalue weighted by Gasteiger charge is 2.08. The van der Waals surface area contributed by atoms with E-state index in [-0.39, 0.29) is 0 Å². The van der Waals surface area contributed by atoms with E-state index in [0.29, 0.717) is 18.3 Å². The fourth-order valence-electron chi connectivity index (χ4n) is 2.03. The lowest BCUT2D eigenvalue weighted by Gasteiger charge is -2.03. The number of hydrogen-bond donors (Lipinski definition) is 1. The summed E-state index contributed by atoms with van der Waals surface area (Å²) in [5.74, 6) is 1.92. The maximum Gasteiger partial charge on any atom is 0.257 e. The molecule has 0 aliphatic rings. The van der Waals surface area contributed by atoms with Crippen molar-refractivity contribution in [3.8, 4) is 17.2 Å². The molecule has 5 heteroatoms. The highest BCUT2D eigenvalue weighted by molar-refractivity contribution is 5.54. The van der Waals surface area contributed by atoms with E-state index in [1.807, 2.05) is 36.4 Å². The first-order chi connectivity index (χ1) is 10.7. The van der Waals surface area contributed by atoms with Crippen LogP contribution in [0.25, 0.3) is 11.5 Å². The van der Waals surface area contributed by atoms with Crippen LogP contribution in [-0.4, -0.2) is 17.3 Å². The molecule has 0 aliphatic carbocycles. The van der Waals surface area contributed by atoms with Crippen LogP contribution in [0, 0.1) is 6.92 Å². The van der Waals surface area contributed by atoms with Gasteiger partial charge in [0.1, 0.15) is 5.75 Å². The summed E-state index contributed by atoms with van der Waals surface area (Å²) >= 11 is 0. The zero-order valence-electron chi connectivity index (χ0n) is 12.5. The number of nitrogens with one attached hydrogen (secondary N) is 1. The van der Waals surface area contributed by atoms with Gasteiger partial charge in [-0.3, -0.25) is 0 Å². The lowest BCUT2D eigenvalue weighted by atomic mass is 10.2. The van der Waals surface area contributed by atoms with E-state index < -0.39 is 0 Å². The topological polar surface area (TPSA) is 60.2 Å². The maximum atomic E-state index is 5.29. The molecular weight excluding hydrogens is 278 g/mol. The Bertz CT molecular complexity index is 733. The predicted molar refractivity (Wildman–Crippen MR) is 84.8 cm³/mol. The molecule has 3 rings (SSSR count). The molecule has 22 heavy (non-hydrogen) atoms. The summed E-state index contributed by atoms with van der Waals surface area (Å²) in [6.45, 7) is 2.58. The minimum atomic E-state index is 0.503. The van der Waals surface area contributed by atoms with Gasteiger partial charge in [-0.05, 0) is 43.3 Å². The summed E-state index contributed by atoms with van der Waals surface area (Å²) in [5.41, 5.74) is 3.13. The number of benzene rings is 2. The molecule has 0 radical (unpaired) electrons. The van der Waals surface area contributed by atoms with Gasteiger partial charge in [-0.2, -0.15) is 4.98 Å². The standard InChI is InChI=1S/C17H17N3O2/c1-12-3-7-14(8-4-12)18-11-16-19-17(22-20-16)13-5-9-15(21-2)10-6-13/h3-10,18H,11H2,1-2H3. The third-order valence-corrected chi connectivity index (χ3v) is 3.31. The van der Waals surface area contributed by atoms with Crippen LogP contribution in [0.4, 0.5) is 5.69 Å². The first kappa shape index (κ1) is 14.1. The Labute approximate surface area is 128 Å². The smallest absolute Gasteiger partial charge is 0.257 e. The van der Waals surface area contributed by atoms with E-state index in [9.17, 15) is 0 Å². The number of nitrogens with zero attached hydrogens (tertiary/aromatic N) is 2. The second kappa shape index (κ2) is 6.30. The summed E-state index contributed by atoms with van der Waals surface area (Å²) < 4.78 is 10.4. The molecule has 0 saturated heterocycles. The Kier molecular flexibility index (Phi) is 4.05. The fourth-order valence-corrected chi connectivity index (χ4v) is 2.03. The van der Waals surface area contributed by atoms with Crippen molar-refractivity contribution in [2.45, 2.75) is 13.5 Å². The van der Waals surface area contributed by atoms with Gasteiger partial charge in [0.15, 0.2) is 5.82 Å². The number of ether oxygens (including phenoxy) is 1. The van der Waals surface area contributed by atoms with Crippen LogP contribution in [0.1, 0.15) is 11.4 Å². The van der Waals surface area contributed by atoms with E-state index in [2.05, 4.69) is 34.5 Å². The monoisotopic (exact) mass is 295 g/mol. The first-order valence-corrected chi connectivity index (χ1v) is 7.02. The Hall–Kier alpha value is -2.82. The van der Waals surface area contributed by atoms with Crippen LogP contribution in [0.2, 0.25) is 0 Å². The molecule has 0 unspecified atom stereocenters. The molecule has 1 N–H and O–H groups in total. The molecule has 3 aromatic rings. The highest BCUT2D eigenvalue weighted by Crippen LogP contribution is 2.20. The molecule has 0 fully saturated rings. The minimum Gasteiger partial charge on any atom is -0.497 e. The van der Waals surface area contributed by atoms with Gasteiger partial charge in [0.05, 0.1) is 13.7 Å². The van der Waals surface area contributed by atoms with Crippen LogP contribution < -0.4 is 10.1 Å². The van der Waals surface area contributed by atoms with Gasteiger partial charge in [0.2, 0.25) is 0 Å². The van der Waals surface area contributed by atoms with Crippen molar-refractivity contribution in [1.29, 1.82) is 0 Å². The lowest BCUT2D eigenvalue weighted by Crippen LogP contribution is -2.00. The van der Waals surface area contributed by atoms with Gasteiger partial charge in [0, 0.05) is 11.3 Å². The van der Waals surface area contributed by atoms with Crippen LogP contribution in [0.5, 0.6) is 5.75 Å². The highest BCUT2D eigenvalue weighted by atomic mass is 16.5. The van der Waals surface area contributed by atoms with Crippen molar-refractivity contribution >= 4 is 5.69 Å². The van der Waals surface area contributed by atoms with Crippen molar-refractivity contribution < 1.29 is 9.26 Å². The minimum absolute atomic E-state index is 0.503. The van der Waals surface area contributed by atoms with Gasteiger partial charge in [0.25, 0.3) is 5.89 Å². The Morgan fingerprint density at radius 2 is 1.77 bits per heavy atom. The molecule has 2 aromatic carbocycles. The van der Waals surface area contributed by atoms with E-state index in [4.69, 9.17) is 9.26 Å². The van der Waals surface area contributed by atoms with Crippen LogP contribution >= 0.6 is 0 Å². The maximum absolute atomic E-state index is 5.29. The van der Waals surface area contributed by atoms with Crippen molar-refractivity contribution in [2.24, 2.45) is 0 Å². The number of aromatic nitrogens is 2. The third kappa shape index (κ3) is 3.25. The summed E-state index contributed by atoms with van der Waals surface area (Å²) in [6.07, 6.45) is 0. The molecule has 0 atom stereocenters. The average Bonchev–Trinajstić information content (AvgIpc) is 3.03. The van der Waals surface area contributed by atoms with Crippen molar-refractivity contribution in [3.63, 3.8) is 0 Å². The van der Waals surface area contributed by atoms with Crippen molar-refractivity contribution in [2.75, 3.05) is 12.4 Å². The summed E-state index contributed by atoms with van der Waals surface area (Å²) in [4.78, 5) is 4.39. The number of methoxy groups -OCH3 is 1. The normalized spacial score (nSPS) is 10.5. The average molecular weight is 295 g/mol. The Morgan fingerprint density at radius 1 is 1.05 bits per heavy atom. The van der Waals surface area contributed by atoms with Gasteiger partial charge >= 0.3 is 0 Å². The van der Waals surface area contributed by atoms with Crippen LogP contribution in [0.3, 0.4) is 0 Å². The lowest BCUT2D eigenvalue weighted by molar-refractivity contribution is 0.414. The second-order valence-corrected chi connectivity index (χ2v) is 4.96. The molecule has 0 saturated carbocycles. The zero-order valence-corrected chi connectivity index (χ0v) is 12.5. The quantitative estimate of drug-likeness (QED) is 0.778. The van der Waals surface area contributed by atoms with Crippen LogP contribution in [-0.2, 0) is 6.54 Å². The molecule has 1 heterocycles. The molecular formula is C17H17N3O2. The van der Waals surface area contributed by atoms with Gasteiger partial charge in [-0.15, -0.1) is 0 Å². The van der Waals surface area contributed by atoms with Crippen LogP contribution in [0.15, 0.2) is 53.1 Å². The summed E-state index contributed by atoms with van der Waals surface area (Å²) in [5, 5.41) is 7.25. The largest absolute Gasteiger partial charge is 0.497 e. The molecule has 0 bridgehead atoms. The Morgan fingerprint density at radius 3 is 2.45 bits per heavy atom. The zero-order chi connectivity index (χ0) is 15.4. The van der Waals surface area contributed by atoms with Gasteiger partial charge in [-0.1, -0.05) is 22.9 Å². The second-order valence-electron chi connectivity index (χ2n) is 4.96. The SMILES string of the molecule is COc1ccc(-c2nc(CNc3ccc(C)cc3)no2)cc1. The molecule has 0 amide bonds. The fraction of sp³-hybridized carbons (Fsp3) is 0.176. The van der Waals surface area contributed by atoms with E-state index in [1.54, 1.807) is 7.11 Å². The summed E-state index contributed by atoms with van der Waals surface area (Å²) in [6, 6.07) is 15.7. The molecule has 0 spiro atoms. The number of anilines is 1. The van der Waals surface area contributed by atoms with Crippen molar-refractivity contribution in [3.05, 3.63) is 59.9 Å². The number of aryl methyl sites for hydroxylation is 1. The van der Waals surface area contributed by atoms with E-state index >= 15 is 0 Å².